The average Bonchev–Trinajstić information content (AvgIpc) is 2.70. The van der Waals surface area contributed by atoms with Gasteiger partial charge in [0.2, 0.25) is 5.91 Å². The molecule has 7 heteroatoms. The fourth-order valence-corrected chi connectivity index (χ4v) is 3.39. The van der Waals surface area contributed by atoms with E-state index in [0.717, 1.165) is 16.9 Å². The van der Waals surface area contributed by atoms with Crippen molar-refractivity contribution in [2.75, 3.05) is 39.4 Å². The van der Waals surface area contributed by atoms with Gasteiger partial charge < -0.3 is 19.3 Å². The highest BCUT2D eigenvalue weighted by Gasteiger charge is 2.25. The van der Waals surface area contributed by atoms with E-state index in [0.29, 0.717) is 32.8 Å². The van der Waals surface area contributed by atoms with Crippen LogP contribution in [0.2, 0.25) is 0 Å². The lowest BCUT2D eigenvalue weighted by atomic mass is 9.85. The van der Waals surface area contributed by atoms with Crippen LogP contribution < -0.4 is 4.74 Å². The molecule has 1 aromatic rings. The summed E-state index contributed by atoms with van der Waals surface area (Å²) in [7, 11) is 0. The number of hydrogen-bond donors (Lipinski definition) is 0. The summed E-state index contributed by atoms with van der Waals surface area (Å²) in [4.78, 5) is 39.7. The first-order valence-electron chi connectivity index (χ1n) is 10.6. The molecule has 2 rings (SSSR count). The number of esters is 1. The fraction of sp³-hybridized carbons (Fsp3) is 0.609. The molecule has 0 aliphatic carbocycles. The third kappa shape index (κ3) is 6.75. The second-order valence-electron chi connectivity index (χ2n) is 8.60. The Kier molecular flexibility index (Phi) is 8.26. The Bertz CT molecular complexity index is 761. The molecule has 1 aromatic carbocycles. The molecular formula is C23H34N2O5. The molecule has 1 heterocycles. The summed E-state index contributed by atoms with van der Waals surface area (Å²) in [5.41, 5.74) is 2.15. The average molecular weight is 419 g/mol. The summed E-state index contributed by atoms with van der Waals surface area (Å²) in [6.45, 7) is 12.3. The Labute approximate surface area is 179 Å². The first-order valence-corrected chi connectivity index (χ1v) is 10.6. The zero-order valence-corrected chi connectivity index (χ0v) is 18.8. The molecule has 0 N–H and O–H groups in total. The summed E-state index contributed by atoms with van der Waals surface area (Å²) < 4.78 is 10.7. The quantitative estimate of drug-likeness (QED) is 0.637. The van der Waals surface area contributed by atoms with Crippen molar-refractivity contribution in [2.45, 2.75) is 52.9 Å². The molecule has 1 fully saturated rings. The van der Waals surface area contributed by atoms with E-state index in [1.165, 1.54) is 0 Å². The topological polar surface area (TPSA) is 76.2 Å². The Morgan fingerprint density at radius 2 is 1.57 bits per heavy atom. The van der Waals surface area contributed by atoms with Gasteiger partial charge in [-0.1, -0.05) is 38.5 Å². The maximum atomic E-state index is 12.6. The van der Waals surface area contributed by atoms with Gasteiger partial charge in [0, 0.05) is 32.6 Å². The van der Waals surface area contributed by atoms with Gasteiger partial charge in [0.05, 0.1) is 13.0 Å². The molecular weight excluding hydrogens is 384 g/mol. The van der Waals surface area contributed by atoms with Crippen molar-refractivity contribution in [3.8, 4) is 5.75 Å². The summed E-state index contributed by atoms with van der Waals surface area (Å²) in [6.07, 6.45) is 0.227. The predicted molar refractivity (Wildman–Crippen MR) is 114 cm³/mol. The molecule has 0 aromatic heterocycles. The molecule has 0 saturated carbocycles. The number of rotatable bonds is 7. The molecule has 166 valence electrons. The lowest BCUT2D eigenvalue weighted by Gasteiger charge is -2.35. The molecule has 2 amide bonds. The number of carbonyl (C=O) groups excluding carboxylic acids is 3. The Morgan fingerprint density at radius 1 is 0.967 bits per heavy atom. The highest BCUT2D eigenvalue weighted by atomic mass is 16.5. The fourth-order valence-electron chi connectivity index (χ4n) is 3.39. The zero-order chi connectivity index (χ0) is 22.3. The molecule has 0 radical (unpaired) electrons. The molecule has 7 nitrogen and oxygen atoms in total. The number of nitrogens with zero attached hydrogens (tertiary/aromatic N) is 2. The number of piperazine rings is 1. The standard InChI is InChI=1S/C23H34N2O5/c1-6-29-22(28)10-9-20(26)24-11-13-25(14-12-24)21(27)16-30-19-8-7-17(2)15-18(19)23(3,4)5/h7-8,15H,6,9-14,16H2,1-5H3. The van der Waals surface area contributed by atoms with E-state index in [1.54, 1.807) is 16.7 Å². The van der Waals surface area contributed by atoms with Gasteiger partial charge in [0.25, 0.3) is 5.91 Å². The lowest BCUT2D eigenvalue weighted by Crippen LogP contribution is -2.51. The molecule has 1 aliphatic heterocycles. The van der Waals surface area contributed by atoms with Gasteiger partial charge in [-0.2, -0.15) is 0 Å². The highest BCUT2D eigenvalue weighted by Crippen LogP contribution is 2.32. The Morgan fingerprint density at radius 3 is 2.13 bits per heavy atom. The minimum absolute atomic E-state index is 0.0249. The summed E-state index contributed by atoms with van der Waals surface area (Å²) in [5.74, 6) is 0.201. The van der Waals surface area contributed by atoms with Gasteiger partial charge in [0.1, 0.15) is 5.75 Å². The first kappa shape index (κ1) is 23.7. The largest absolute Gasteiger partial charge is 0.483 e. The molecule has 0 spiro atoms. The van der Waals surface area contributed by atoms with Crippen molar-refractivity contribution in [3.63, 3.8) is 0 Å². The normalized spacial score (nSPS) is 14.4. The van der Waals surface area contributed by atoms with Crippen LogP contribution in [0, 0.1) is 6.92 Å². The van der Waals surface area contributed by atoms with Gasteiger partial charge in [0.15, 0.2) is 6.61 Å². The third-order valence-corrected chi connectivity index (χ3v) is 5.13. The number of amides is 2. The van der Waals surface area contributed by atoms with E-state index < -0.39 is 0 Å². The minimum atomic E-state index is -0.359. The predicted octanol–water partition coefficient (Wildman–Crippen LogP) is 2.69. The Balaban J connectivity index is 1.83. The van der Waals surface area contributed by atoms with Crippen LogP contribution in [0.5, 0.6) is 5.75 Å². The van der Waals surface area contributed by atoms with Gasteiger partial charge in [-0.25, -0.2) is 0 Å². The highest BCUT2D eigenvalue weighted by molar-refractivity contribution is 5.82. The van der Waals surface area contributed by atoms with E-state index >= 15 is 0 Å². The van der Waals surface area contributed by atoms with Crippen molar-refractivity contribution in [2.24, 2.45) is 0 Å². The molecule has 0 unspecified atom stereocenters. The molecule has 1 saturated heterocycles. The monoisotopic (exact) mass is 418 g/mol. The number of benzene rings is 1. The number of ether oxygens (including phenoxy) is 2. The van der Waals surface area contributed by atoms with E-state index in [1.807, 2.05) is 19.1 Å². The number of carbonyl (C=O) groups is 3. The van der Waals surface area contributed by atoms with Crippen molar-refractivity contribution < 1.29 is 23.9 Å². The van der Waals surface area contributed by atoms with Crippen LogP contribution in [0.3, 0.4) is 0 Å². The second-order valence-corrected chi connectivity index (χ2v) is 8.60. The molecule has 30 heavy (non-hydrogen) atoms. The van der Waals surface area contributed by atoms with E-state index in [-0.39, 0.29) is 42.6 Å². The van der Waals surface area contributed by atoms with Gasteiger partial charge >= 0.3 is 5.97 Å². The maximum Gasteiger partial charge on any atom is 0.306 e. The summed E-state index contributed by atoms with van der Waals surface area (Å²) in [5, 5.41) is 0. The van der Waals surface area contributed by atoms with Gasteiger partial charge in [-0.3, -0.25) is 14.4 Å². The van der Waals surface area contributed by atoms with Crippen LogP contribution in [0.4, 0.5) is 0 Å². The van der Waals surface area contributed by atoms with Crippen molar-refractivity contribution in [3.05, 3.63) is 29.3 Å². The summed E-state index contributed by atoms with van der Waals surface area (Å²) in [6, 6.07) is 6.00. The second kappa shape index (κ2) is 10.5. The smallest absolute Gasteiger partial charge is 0.306 e. The van der Waals surface area contributed by atoms with E-state index in [9.17, 15) is 14.4 Å². The number of hydrogen-bond acceptors (Lipinski definition) is 5. The lowest BCUT2D eigenvalue weighted by molar-refractivity contribution is -0.146. The molecule has 0 atom stereocenters. The first-order chi connectivity index (χ1) is 14.1. The minimum Gasteiger partial charge on any atom is -0.483 e. The van der Waals surface area contributed by atoms with Crippen LogP contribution in [0.1, 0.15) is 51.7 Å². The van der Waals surface area contributed by atoms with Gasteiger partial charge in [-0.15, -0.1) is 0 Å². The van der Waals surface area contributed by atoms with E-state index in [2.05, 4.69) is 26.8 Å². The number of aryl methyl sites for hydroxylation is 1. The van der Waals surface area contributed by atoms with Crippen LogP contribution in [0.15, 0.2) is 18.2 Å². The van der Waals surface area contributed by atoms with Crippen LogP contribution >= 0.6 is 0 Å². The van der Waals surface area contributed by atoms with Crippen molar-refractivity contribution in [1.82, 2.24) is 9.80 Å². The molecule has 0 bridgehead atoms. The van der Waals surface area contributed by atoms with Gasteiger partial charge in [-0.05, 0) is 30.9 Å². The van der Waals surface area contributed by atoms with Crippen LogP contribution in [-0.2, 0) is 24.5 Å². The SMILES string of the molecule is CCOC(=O)CCC(=O)N1CCN(C(=O)COc2ccc(C)cc2C(C)(C)C)CC1. The van der Waals surface area contributed by atoms with E-state index in [4.69, 9.17) is 9.47 Å². The maximum absolute atomic E-state index is 12.6. The van der Waals surface area contributed by atoms with Crippen LogP contribution in [0.25, 0.3) is 0 Å². The summed E-state index contributed by atoms with van der Waals surface area (Å²) >= 11 is 0. The Hall–Kier alpha value is -2.57. The molecule has 1 aliphatic rings. The zero-order valence-electron chi connectivity index (χ0n) is 18.8. The third-order valence-electron chi connectivity index (χ3n) is 5.13. The van der Waals surface area contributed by atoms with Crippen molar-refractivity contribution in [1.29, 1.82) is 0 Å². The van der Waals surface area contributed by atoms with Crippen LogP contribution in [-0.4, -0.2) is 67.0 Å². The van der Waals surface area contributed by atoms with Crippen molar-refractivity contribution >= 4 is 17.8 Å².